The predicted molar refractivity (Wildman–Crippen MR) is 73.8 cm³/mol. The lowest BCUT2D eigenvalue weighted by Gasteiger charge is -2.24. The summed E-state index contributed by atoms with van der Waals surface area (Å²) in [5, 5.41) is 0. The second-order valence-electron chi connectivity index (χ2n) is 3.00. The Morgan fingerprint density at radius 2 is 1.22 bits per heavy atom. The first-order valence-electron chi connectivity index (χ1n) is 3.88. The summed E-state index contributed by atoms with van der Waals surface area (Å²) in [5.74, 6) is -0.164. The smallest absolute Gasteiger partial charge is 0.149 e. The second kappa shape index (κ2) is 9.33. The molecule has 0 aromatic carbocycles. The Balaban J connectivity index is -0.00000112. The molecule has 0 radical (unpaired) electrons. The lowest BCUT2D eigenvalue weighted by molar-refractivity contribution is 0.345. The van der Waals surface area contributed by atoms with Gasteiger partial charge >= 0.3 is 0 Å². The summed E-state index contributed by atoms with van der Waals surface area (Å²) in [5.41, 5.74) is 0. The van der Waals surface area contributed by atoms with Crippen LogP contribution >= 0.6 is 21.6 Å². The molecule has 0 aromatic rings. The van der Waals surface area contributed by atoms with E-state index in [0.29, 0.717) is 0 Å². The Morgan fingerprint density at radius 1 is 0.944 bits per heavy atom. The lowest BCUT2D eigenvalue weighted by atomic mass is 10.4. The predicted octanol–water partition coefficient (Wildman–Crippen LogP) is 0.0558. The van der Waals surface area contributed by atoms with Crippen LogP contribution in [-0.4, -0.2) is 62.5 Å². The van der Waals surface area contributed by atoms with Crippen LogP contribution in [0.1, 0.15) is 0 Å². The molecule has 8 N–H and O–H groups in total. The highest BCUT2D eigenvalue weighted by molar-refractivity contribution is 8.70. The first-order valence-corrected chi connectivity index (χ1v) is 9.70. The first-order chi connectivity index (χ1) is 7.01. The van der Waals surface area contributed by atoms with Crippen molar-refractivity contribution in [3.8, 4) is 0 Å². The van der Waals surface area contributed by atoms with E-state index in [2.05, 4.69) is 0 Å². The van der Waals surface area contributed by atoms with Crippen LogP contribution in [-0.2, 0) is 18.3 Å². The van der Waals surface area contributed by atoms with Crippen LogP contribution in [0.2, 0.25) is 0 Å². The molecule has 0 heterocycles. The molecule has 0 atom stereocenters. The highest BCUT2D eigenvalue weighted by Gasteiger charge is 2.15. The molecule has 0 amide bonds. The average molecular weight is 345 g/mol. The molecule has 0 spiro atoms. The molecule has 18 heavy (non-hydrogen) atoms. The highest BCUT2D eigenvalue weighted by atomic mass is 33.2. The van der Waals surface area contributed by atoms with Crippen LogP contribution in [0, 0.1) is 0 Å². The maximum absolute atomic E-state index is 10.4. The van der Waals surface area contributed by atoms with E-state index in [1.54, 1.807) is 19.0 Å². The molecule has 0 aromatic heterocycles. The van der Waals surface area contributed by atoms with E-state index in [0.717, 1.165) is 0 Å². The molecular weight excluding hydrogens is 326 g/mol. The fraction of sp³-hybridized carbons (Fsp3) is 1.00. The van der Waals surface area contributed by atoms with E-state index in [1.807, 2.05) is 0 Å². The molecule has 0 bridgehead atoms. The van der Waals surface area contributed by atoms with Crippen molar-refractivity contribution in [2.75, 3.05) is 25.6 Å². The van der Waals surface area contributed by atoms with Crippen molar-refractivity contribution in [2.45, 2.75) is 6.04 Å². The molecular formula is C5H19N3O6S4. The molecule has 0 rings (SSSR count). The fourth-order valence-corrected chi connectivity index (χ4v) is 4.24. The van der Waals surface area contributed by atoms with Gasteiger partial charge in [0.15, 0.2) is 0 Å². The van der Waals surface area contributed by atoms with Crippen molar-refractivity contribution in [1.29, 1.82) is 0 Å². The fourth-order valence-electron chi connectivity index (χ4n) is 0.670. The summed E-state index contributed by atoms with van der Waals surface area (Å²) in [4.78, 5) is 1.55. The normalized spacial score (nSPS) is 12.1. The van der Waals surface area contributed by atoms with E-state index in [1.165, 1.54) is 0 Å². The first kappa shape index (κ1) is 23.5. The summed E-state index contributed by atoms with van der Waals surface area (Å²) in [6.07, 6.45) is 0. The summed E-state index contributed by atoms with van der Waals surface area (Å²) >= 11 is 0. The molecule has 0 unspecified atom stereocenters. The third-order valence-corrected chi connectivity index (χ3v) is 5.71. The summed E-state index contributed by atoms with van der Waals surface area (Å²) in [7, 11) is -5.24. The number of nitrogens with zero attached hydrogens (tertiary/aromatic N) is 1. The van der Waals surface area contributed by atoms with Crippen molar-refractivity contribution < 1.29 is 25.9 Å². The van der Waals surface area contributed by atoms with Crippen LogP contribution in [0.3, 0.4) is 0 Å². The van der Waals surface area contributed by atoms with Gasteiger partial charge in [0, 0.05) is 17.5 Å². The molecule has 0 fully saturated rings. The molecule has 0 aliphatic rings. The maximum atomic E-state index is 10.4. The number of hydrogen-bond donors (Lipinski definition) is 2. The molecule has 0 saturated carbocycles. The van der Waals surface area contributed by atoms with Crippen molar-refractivity contribution >= 4 is 39.9 Å². The van der Waals surface area contributed by atoms with Crippen molar-refractivity contribution in [2.24, 2.45) is 0 Å². The van der Waals surface area contributed by atoms with Gasteiger partial charge in [-0.1, -0.05) is 0 Å². The van der Waals surface area contributed by atoms with E-state index in [4.69, 9.17) is 0 Å². The van der Waals surface area contributed by atoms with Gasteiger partial charge in [-0.05, 0) is 35.7 Å². The number of quaternary nitrogens is 2. The monoisotopic (exact) mass is 345 g/mol. The van der Waals surface area contributed by atoms with Gasteiger partial charge in [0.25, 0.3) is 0 Å². The topological polar surface area (TPSA) is 191 Å². The van der Waals surface area contributed by atoms with Crippen LogP contribution in [0.5, 0.6) is 0 Å². The minimum atomic E-state index is -4.40. The largest absolute Gasteiger partial charge is 0.739 e. The zero-order valence-electron chi connectivity index (χ0n) is 10.5. The minimum absolute atomic E-state index is 0. The Labute approximate surface area is 115 Å². The SMILES string of the molecule is CN(C)C(CSS(=O)(=O)[O-])CSS(=O)(=O)[O-].[NH4+].[NH4+]. The van der Waals surface area contributed by atoms with Gasteiger partial charge in [0.2, 0.25) is 0 Å². The quantitative estimate of drug-likeness (QED) is 0.474. The molecule has 13 heteroatoms. The lowest BCUT2D eigenvalue weighted by Crippen LogP contribution is -2.33. The van der Waals surface area contributed by atoms with Crippen LogP contribution in [0.25, 0.3) is 0 Å². The molecule has 114 valence electrons. The maximum Gasteiger partial charge on any atom is 0.149 e. The summed E-state index contributed by atoms with van der Waals surface area (Å²) < 4.78 is 62.2. The Kier molecular flexibility index (Phi) is 12.2. The van der Waals surface area contributed by atoms with Crippen molar-refractivity contribution in [1.82, 2.24) is 17.2 Å². The van der Waals surface area contributed by atoms with Gasteiger partial charge < -0.3 is 26.3 Å². The van der Waals surface area contributed by atoms with Gasteiger partial charge in [0.05, 0.1) is 0 Å². The van der Waals surface area contributed by atoms with Gasteiger partial charge in [-0.3, -0.25) is 0 Å². The molecule has 9 nitrogen and oxygen atoms in total. The standard InChI is InChI=1S/C5H13NO6S4.2H3N/c1-6(2)5(3-13-15(7,8)9)4-14-16(10,11)12;;/h5H,3-4H2,1-2H3,(H,7,8,9)(H,10,11,12);2*1H3. The van der Waals surface area contributed by atoms with Gasteiger partial charge in [-0.25, -0.2) is 16.8 Å². The Hall–Kier alpha value is 0.400. The van der Waals surface area contributed by atoms with Crippen molar-refractivity contribution in [3.05, 3.63) is 0 Å². The van der Waals surface area contributed by atoms with E-state index in [-0.39, 0.29) is 45.4 Å². The van der Waals surface area contributed by atoms with Crippen molar-refractivity contribution in [3.63, 3.8) is 0 Å². The Bertz CT molecular complexity index is 371. The average Bonchev–Trinajstić information content (AvgIpc) is 1.98. The number of hydrogen-bond acceptors (Lipinski definition) is 9. The van der Waals surface area contributed by atoms with Gasteiger partial charge in [0.1, 0.15) is 18.3 Å². The summed E-state index contributed by atoms with van der Waals surface area (Å²) in [6, 6.07) is -0.484. The Morgan fingerprint density at radius 3 is 1.39 bits per heavy atom. The van der Waals surface area contributed by atoms with Crippen LogP contribution in [0.4, 0.5) is 0 Å². The van der Waals surface area contributed by atoms with Gasteiger partial charge in [-0.15, -0.1) is 0 Å². The zero-order chi connectivity index (χ0) is 13.0. The third kappa shape index (κ3) is 14.5. The van der Waals surface area contributed by atoms with Crippen LogP contribution in [0.15, 0.2) is 0 Å². The van der Waals surface area contributed by atoms with E-state index < -0.39 is 24.3 Å². The molecule has 0 saturated heterocycles. The third-order valence-electron chi connectivity index (χ3n) is 1.54. The molecule has 0 aliphatic heterocycles. The highest BCUT2D eigenvalue weighted by Crippen LogP contribution is 2.18. The van der Waals surface area contributed by atoms with E-state index in [9.17, 15) is 25.9 Å². The minimum Gasteiger partial charge on any atom is -0.739 e. The van der Waals surface area contributed by atoms with Crippen LogP contribution < -0.4 is 12.3 Å². The van der Waals surface area contributed by atoms with E-state index >= 15 is 0 Å². The molecule has 0 aliphatic carbocycles. The second-order valence-corrected chi connectivity index (χ2v) is 9.64. The van der Waals surface area contributed by atoms with Gasteiger partial charge in [-0.2, -0.15) is 0 Å². The summed E-state index contributed by atoms with van der Waals surface area (Å²) in [6.45, 7) is 0. The number of rotatable bonds is 7. The zero-order valence-corrected chi connectivity index (χ0v) is 13.8.